The molecule has 32 heavy (non-hydrogen) atoms. The minimum Gasteiger partial charge on any atom is -0.226 e. The zero-order chi connectivity index (χ0) is 23.4. The summed E-state index contributed by atoms with van der Waals surface area (Å²) in [5.74, 6) is -4.15. The highest BCUT2D eigenvalue weighted by molar-refractivity contribution is 5.82. The summed E-state index contributed by atoms with van der Waals surface area (Å²) < 4.78 is 58.3. The van der Waals surface area contributed by atoms with Crippen molar-refractivity contribution in [2.24, 2.45) is 0 Å². The molecule has 0 atom stereocenters. The number of hydrogen-bond donors (Lipinski definition) is 0. The molecule has 152 valence electrons. The maximum Gasteiger partial charge on any atom is 0.269 e. The van der Waals surface area contributed by atoms with Crippen LogP contribution in [0.25, 0.3) is 43.3 Å². The Bertz CT molecular complexity index is 1370. The van der Waals surface area contributed by atoms with E-state index in [1.165, 1.54) is 0 Å². The predicted molar refractivity (Wildman–Crippen MR) is 108 cm³/mol. The average molecular weight is 428 g/mol. The van der Waals surface area contributed by atoms with Gasteiger partial charge in [-0.05, 0) is 35.4 Å². The van der Waals surface area contributed by atoms with Crippen molar-refractivity contribution in [1.29, 1.82) is 10.5 Å². The van der Waals surface area contributed by atoms with Crippen molar-refractivity contribution >= 4 is 11.4 Å². The molecule has 4 nitrogen and oxygen atoms in total. The Balaban J connectivity index is 2.73. The van der Waals surface area contributed by atoms with Crippen LogP contribution in [0.5, 0.6) is 0 Å². The van der Waals surface area contributed by atoms with Gasteiger partial charge in [0.15, 0.2) is 0 Å². The van der Waals surface area contributed by atoms with Crippen LogP contribution < -0.4 is 10.4 Å². The average Bonchev–Trinajstić information content (AvgIpc) is 2.77. The van der Waals surface area contributed by atoms with Crippen molar-refractivity contribution in [3.8, 4) is 34.4 Å². The van der Waals surface area contributed by atoms with E-state index in [4.69, 9.17) is 13.1 Å². The maximum absolute atomic E-state index is 14.6. The maximum atomic E-state index is 14.6. The smallest absolute Gasteiger partial charge is 0.226 e. The van der Waals surface area contributed by atoms with Crippen molar-refractivity contribution in [1.82, 2.24) is 0 Å². The fraction of sp³-hybridized carbons (Fsp3) is 0. The van der Waals surface area contributed by atoms with Gasteiger partial charge in [0.1, 0.15) is 23.3 Å². The summed E-state index contributed by atoms with van der Waals surface area (Å²) in [6.07, 6.45) is 0. The third-order valence-corrected chi connectivity index (χ3v) is 4.57. The summed E-state index contributed by atoms with van der Waals surface area (Å²) in [6.45, 7) is 14.5. The van der Waals surface area contributed by atoms with Crippen LogP contribution in [0.15, 0.2) is 48.5 Å². The van der Waals surface area contributed by atoms with E-state index >= 15 is 0 Å². The zero-order valence-corrected chi connectivity index (χ0v) is 15.9. The number of rotatable bonds is 2. The van der Waals surface area contributed by atoms with Crippen LogP contribution in [0.4, 0.5) is 17.6 Å². The van der Waals surface area contributed by atoms with Gasteiger partial charge < -0.3 is 0 Å². The Labute approximate surface area is 179 Å². The van der Waals surface area contributed by atoms with Crippen molar-refractivity contribution in [2.75, 3.05) is 0 Å². The van der Waals surface area contributed by atoms with E-state index in [1.54, 1.807) is 12.1 Å². The van der Waals surface area contributed by atoms with Gasteiger partial charge in [0, 0.05) is 10.4 Å². The van der Waals surface area contributed by atoms with Crippen LogP contribution in [0.1, 0.15) is 0 Å². The molecule has 0 aliphatic heterocycles. The number of nitrogens with zero attached hydrogens (tertiary/aromatic N) is 4. The van der Waals surface area contributed by atoms with Crippen LogP contribution in [0, 0.1) is 59.1 Å². The van der Waals surface area contributed by atoms with E-state index in [0.29, 0.717) is 0 Å². The molecule has 3 aromatic carbocycles. The summed E-state index contributed by atoms with van der Waals surface area (Å²) >= 11 is 0. The van der Waals surface area contributed by atoms with E-state index in [1.807, 2.05) is 0 Å². The molecule has 0 fully saturated rings. The first-order valence-electron chi connectivity index (χ1n) is 8.74. The third-order valence-electron chi connectivity index (χ3n) is 4.57. The fourth-order valence-electron chi connectivity index (χ4n) is 3.21. The molecule has 0 amide bonds. The monoisotopic (exact) mass is 428 g/mol. The predicted octanol–water partition coefficient (Wildman–Crippen LogP) is 4.68. The molecule has 0 saturated carbocycles. The van der Waals surface area contributed by atoms with E-state index in [0.717, 1.165) is 48.5 Å². The number of nitriles is 2. The summed E-state index contributed by atoms with van der Waals surface area (Å²) in [5.41, 5.74) is -3.09. The lowest BCUT2D eigenvalue weighted by Gasteiger charge is -2.12. The first-order chi connectivity index (χ1) is 15.4. The second-order valence-corrected chi connectivity index (χ2v) is 6.28. The van der Waals surface area contributed by atoms with Gasteiger partial charge in [-0.2, -0.15) is 0 Å². The summed E-state index contributed by atoms with van der Waals surface area (Å²) in [7, 11) is 0. The Hall–Kier alpha value is -4.92. The molecule has 0 bridgehead atoms. The molecular weight excluding hydrogens is 420 g/mol. The minimum absolute atomic E-state index is 0.310. The Kier molecular flexibility index (Phi) is 6.02. The van der Waals surface area contributed by atoms with Crippen molar-refractivity contribution < 1.29 is 17.6 Å². The Morgan fingerprint density at radius 1 is 0.656 bits per heavy atom. The zero-order valence-electron chi connectivity index (χ0n) is 15.9. The first-order valence-corrected chi connectivity index (χ1v) is 8.74. The van der Waals surface area contributed by atoms with Crippen LogP contribution >= 0.6 is 0 Å². The quantitative estimate of drug-likeness (QED) is 0.440. The van der Waals surface area contributed by atoms with E-state index < -0.39 is 45.8 Å². The van der Waals surface area contributed by atoms with Crippen molar-refractivity contribution in [2.45, 2.75) is 0 Å². The topological polar surface area (TPSA) is 56.3 Å². The molecule has 3 rings (SSSR count). The van der Waals surface area contributed by atoms with Crippen molar-refractivity contribution in [3.63, 3.8) is 0 Å². The van der Waals surface area contributed by atoms with Crippen LogP contribution in [0.2, 0.25) is 0 Å². The largest absolute Gasteiger partial charge is 0.269 e. The fourth-order valence-corrected chi connectivity index (χ4v) is 3.21. The Morgan fingerprint density at radius 2 is 0.969 bits per heavy atom. The van der Waals surface area contributed by atoms with Gasteiger partial charge in [0.05, 0.1) is 36.4 Å². The van der Waals surface area contributed by atoms with Gasteiger partial charge in [-0.15, -0.1) is 0 Å². The highest BCUT2D eigenvalue weighted by Gasteiger charge is 2.20. The van der Waals surface area contributed by atoms with Gasteiger partial charge in [-0.3, -0.25) is 0 Å². The molecule has 0 aliphatic rings. The molecule has 3 aromatic rings. The lowest BCUT2D eigenvalue weighted by Crippen LogP contribution is -2.20. The summed E-state index contributed by atoms with van der Waals surface area (Å²) in [6, 6.07) is 11.2. The first kappa shape index (κ1) is 21.8. The normalized spacial score (nSPS) is 12.0. The van der Waals surface area contributed by atoms with Gasteiger partial charge in [0.25, 0.3) is 11.4 Å². The Morgan fingerprint density at radius 3 is 1.22 bits per heavy atom. The van der Waals surface area contributed by atoms with Gasteiger partial charge in [0.2, 0.25) is 0 Å². The lowest BCUT2D eigenvalue weighted by molar-refractivity contribution is 0.588. The van der Waals surface area contributed by atoms with Gasteiger partial charge in [-0.1, -0.05) is 24.3 Å². The highest BCUT2D eigenvalue weighted by Crippen LogP contribution is 2.27. The van der Waals surface area contributed by atoms with Crippen molar-refractivity contribution in [3.05, 3.63) is 105 Å². The number of halogens is 4. The lowest BCUT2D eigenvalue weighted by atomic mass is 9.93. The molecule has 0 heterocycles. The van der Waals surface area contributed by atoms with E-state index in [9.17, 15) is 28.1 Å². The molecular formula is C24H8F4N4. The molecule has 0 unspecified atom stereocenters. The molecule has 0 aromatic heterocycles. The SMILES string of the molecule is [C-]#[N+]/C(C#N)=c1/cc(-c2c(F)cccc2F)/c(=C(\C#N)[N+]#[C-])cc1-c1c(F)cccc1F. The third kappa shape index (κ3) is 3.65. The van der Waals surface area contributed by atoms with Gasteiger partial charge >= 0.3 is 0 Å². The molecule has 8 heteroatoms. The number of hydrogen-bond acceptors (Lipinski definition) is 2. The molecule has 0 saturated heterocycles. The molecule has 0 N–H and O–H groups in total. The molecule has 0 aliphatic carbocycles. The minimum atomic E-state index is -1.04. The van der Waals surface area contributed by atoms with E-state index in [2.05, 4.69) is 9.69 Å². The second kappa shape index (κ2) is 8.84. The second-order valence-electron chi connectivity index (χ2n) is 6.28. The summed E-state index contributed by atoms with van der Waals surface area (Å²) in [4.78, 5) is 6.12. The van der Waals surface area contributed by atoms with Crippen LogP contribution in [-0.4, -0.2) is 0 Å². The summed E-state index contributed by atoms with van der Waals surface area (Å²) in [5, 5.41) is 18.2. The molecule has 0 radical (unpaired) electrons. The highest BCUT2D eigenvalue weighted by atomic mass is 19.1. The van der Waals surface area contributed by atoms with Crippen LogP contribution in [-0.2, 0) is 0 Å². The molecule has 0 spiro atoms. The number of benzene rings is 3. The van der Waals surface area contributed by atoms with Crippen LogP contribution in [0.3, 0.4) is 0 Å². The standard InChI is InChI=1S/C24H8F4N4/c1-31-21(11-29)13-9-16(24-19(27)7-4-8-20(24)28)14(22(12-30)32-2)10-15(13)23-17(25)5-3-6-18(23)26/h3-10H/b21-13-,22-14+. The van der Waals surface area contributed by atoms with Gasteiger partial charge in [-0.25, -0.2) is 37.8 Å². The van der Waals surface area contributed by atoms with E-state index in [-0.39, 0.29) is 21.6 Å².